The summed E-state index contributed by atoms with van der Waals surface area (Å²) >= 11 is 0. The second-order valence-electron chi connectivity index (χ2n) is 4.97. The third kappa shape index (κ3) is 1.68. The molecule has 6 heteroatoms. The van der Waals surface area contributed by atoms with E-state index in [0.717, 1.165) is 25.0 Å². The first-order valence-electron chi connectivity index (χ1n) is 6.16. The lowest BCUT2D eigenvalue weighted by Crippen LogP contribution is -2.41. The first kappa shape index (κ1) is 11.3. The molecule has 0 spiro atoms. The van der Waals surface area contributed by atoms with E-state index in [1.165, 1.54) is 0 Å². The average molecular weight is 249 g/mol. The number of primary amides is 1. The van der Waals surface area contributed by atoms with Gasteiger partial charge in [-0.15, -0.1) is 0 Å². The predicted octanol–water partition coefficient (Wildman–Crippen LogP) is 0.538. The molecule has 4 atom stereocenters. The number of urea groups is 1. The van der Waals surface area contributed by atoms with E-state index in [-0.39, 0.29) is 29.8 Å². The van der Waals surface area contributed by atoms with E-state index in [1.54, 1.807) is 0 Å². The van der Waals surface area contributed by atoms with E-state index >= 15 is 0 Å². The van der Waals surface area contributed by atoms with Crippen LogP contribution in [0.4, 0.5) is 4.79 Å². The number of rotatable bonds is 1. The summed E-state index contributed by atoms with van der Waals surface area (Å²) in [5, 5.41) is 4.08. The monoisotopic (exact) mass is 249 g/mol. The fourth-order valence-electron chi connectivity index (χ4n) is 3.29. The minimum absolute atomic E-state index is 0.00461. The zero-order chi connectivity index (χ0) is 12.7. The Kier molecular flexibility index (Phi) is 2.57. The summed E-state index contributed by atoms with van der Waals surface area (Å²) < 4.78 is 5.40. The van der Waals surface area contributed by atoms with E-state index in [9.17, 15) is 9.59 Å². The predicted molar refractivity (Wildman–Crippen MR) is 63.5 cm³/mol. The van der Waals surface area contributed by atoms with Crippen molar-refractivity contribution in [1.82, 2.24) is 5.43 Å². The molecule has 1 saturated carbocycles. The van der Waals surface area contributed by atoms with Crippen LogP contribution >= 0.6 is 0 Å². The third-order valence-corrected chi connectivity index (χ3v) is 4.00. The molecule has 4 unspecified atom stereocenters. The first-order chi connectivity index (χ1) is 8.66. The van der Waals surface area contributed by atoms with Gasteiger partial charge in [0.05, 0.1) is 5.92 Å². The van der Waals surface area contributed by atoms with Gasteiger partial charge in [-0.25, -0.2) is 10.2 Å². The summed E-state index contributed by atoms with van der Waals surface area (Å²) in [6.07, 6.45) is 6.29. The minimum Gasteiger partial charge on any atom is -0.462 e. The molecule has 0 aromatic carbocycles. The number of hydrogen-bond acceptors (Lipinski definition) is 4. The molecule has 3 rings (SSSR count). The molecule has 2 fully saturated rings. The van der Waals surface area contributed by atoms with Crippen molar-refractivity contribution in [3.8, 4) is 0 Å². The highest BCUT2D eigenvalue weighted by molar-refractivity contribution is 5.91. The van der Waals surface area contributed by atoms with Crippen LogP contribution in [0.1, 0.15) is 19.3 Å². The van der Waals surface area contributed by atoms with Crippen LogP contribution in [0, 0.1) is 17.8 Å². The molecule has 1 heterocycles. The molecule has 0 aromatic rings. The SMILES string of the molecule is NC(=O)N/N=C1/CCC2OC(=O)C3C=CCC1C23. The lowest BCUT2D eigenvalue weighted by atomic mass is 9.67. The summed E-state index contributed by atoms with van der Waals surface area (Å²) in [7, 11) is 0. The van der Waals surface area contributed by atoms with Crippen molar-refractivity contribution < 1.29 is 14.3 Å². The highest BCUT2D eigenvalue weighted by Gasteiger charge is 2.51. The van der Waals surface area contributed by atoms with Crippen molar-refractivity contribution in [3.63, 3.8) is 0 Å². The van der Waals surface area contributed by atoms with Crippen LogP contribution in [0.25, 0.3) is 0 Å². The molecular formula is C12H15N3O3. The van der Waals surface area contributed by atoms with Crippen LogP contribution in [0.3, 0.4) is 0 Å². The van der Waals surface area contributed by atoms with Crippen molar-refractivity contribution in [2.24, 2.45) is 28.6 Å². The number of amides is 2. The van der Waals surface area contributed by atoms with Crippen molar-refractivity contribution in [2.45, 2.75) is 25.4 Å². The Morgan fingerprint density at radius 3 is 3.17 bits per heavy atom. The standard InChI is InChI=1S/C12H15N3O3/c13-12(17)15-14-8-4-5-9-10-6(8)2-1-3-7(10)11(16)18-9/h1,3,6-7,9-10H,2,4-5H2,(H3,13,15,17)/b14-8-. The van der Waals surface area contributed by atoms with Crippen molar-refractivity contribution in [2.75, 3.05) is 0 Å². The van der Waals surface area contributed by atoms with Gasteiger partial charge >= 0.3 is 12.0 Å². The fraction of sp³-hybridized carbons (Fsp3) is 0.583. The maximum absolute atomic E-state index is 11.7. The van der Waals surface area contributed by atoms with Crippen molar-refractivity contribution >= 4 is 17.7 Å². The van der Waals surface area contributed by atoms with Crippen LogP contribution in [0.2, 0.25) is 0 Å². The molecule has 0 bridgehead atoms. The largest absolute Gasteiger partial charge is 0.462 e. The Balaban J connectivity index is 1.87. The van der Waals surface area contributed by atoms with Crippen LogP contribution < -0.4 is 11.2 Å². The van der Waals surface area contributed by atoms with Crippen molar-refractivity contribution in [3.05, 3.63) is 12.2 Å². The van der Waals surface area contributed by atoms with Gasteiger partial charge in [-0.05, 0) is 19.3 Å². The molecule has 18 heavy (non-hydrogen) atoms. The molecule has 3 aliphatic rings. The topological polar surface area (TPSA) is 93.8 Å². The van der Waals surface area contributed by atoms with Gasteiger partial charge in [0.1, 0.15) is 6.10 Å². The van der Waals surface area contributed by atoms with Gasteiger partial charge in [0, 0.05) is 17.5 Å². The number of nitrogens with one attached hydrogen (secondary N) is 1. The van der Waals surface area contributed by atoms with E-state index in [2.05, 4.69) is 10.5 Å². The molecule has 0 aromatic heterocycles. The first-order valence-corrected chi connectivity index (χ1v) is 6.16. The summed E-state index contributed by atoms with van der Waals surface area (Å²) in [6.45, 7) is 0. The molecule has 96 valence electrons. The molecule has 3 N–H and O–H groups in total. The molecule has 6 nitrogen and oxygen atoms in total. The summed E-state index contributed by atoms with van der Waals surface area (Å²) in [5.41, 5.74) is 8.22. The Morgan fingerprint density at radius 1 is 1.56 bits per heavy atom. The number of ether oxygens (including phenoxy) is 1. The van der Waals surface area contributed by atoms with Gasteiger partial charge in [-0.1, -0.05) is 12.2 Å². The average Bonchev–Trinajstić information content (AvgIpc) is 2.68. The van der Waals surface area contributed by atoms with Gasteiger partial charge in [-0.3, -0.25) is 4.79 Å². The molecular weight excluding hydrogens is 234 g/mol. The number of allylic oxidation sites excluding steroid dienone is 1. The molecule has 1 aliphatic heterocycles. The quantitative estimate of drug-likeness (QED) is 0.403. The third-order valence-electron chi connectivity index (χ3n) is 4.00. The van der Waals surface area contributed by atoms with E-state index < -0.39 is 6.03 Å². The second kappa shape index (κ2) is 4.12. The van der Waals surface area contributed by atoms with Gasteiger partial charge in [-0.2, -0.15) is 5.10 Å². The molecule has 2 aliphatic carbocycles. The maximum Gasteiger partial charge on any atom is 0.332 e. The zero-order valence-electron chi connectivity index (χ0n) is 9.83. The lowest BCUT2D eigenvalue weighted by Gasteiger charge is -2.36. The van der Waals surface area contributed by atoms with E-state index in [4.69, 9.17) is 10.5 Å². The molecule has 0 radical (unpaired) electrons. The van der Waals surface area contributed by atoms with Crippen LogP contribution in [-0.4, -0.2) is 23.8 Å². The van der Waals surface area contributed by atoms with E-state index in [1.807, 2.05) is 12.2 Å². The van der Waals surface area contributed by atoms with Crippen molar-refractivity contribution in [1.29, 1.82) is 0 Å². The Hall–Kier alpha value is -1.85. The van der Waals surface area contributed by atoms with Gasteiger partial charge in [0.15, 0.2) is 0 Å². The zero-order valence-corrected chi connectivity index (χ0v) is 9.83. The Labute approximate surface area is 104 Å². The fourth-order valence-corrected chi connectivity index (χ4v) is 3.29. The van der Waals surface area contributed by atoms with Crippen LogP contribution in [-0.2, 0) is 9.53 Å². The Morgan fingerprint density at radius 2 is 2.39 bits per heavy atom. The number of carbonyl (C=O) groups is 2. The lowest BCUT2D eigenvalue weighted by molar-refractivity contribution is -0.143. The summed E-state index contributed by atoms with van der Waals surface area (Å²) in [6, 6.07) is -0.661. The normalized spacial score (nSPS) is 39.3. The highest BCUT2D eigenvalue weighted by Crippen LogP contribution is 2.45. The molecule has 1 saturated heterocycles. The molecule has 2 amide bonds. The van der Waals surface area contributed by atoms with Crippen LogP contribution in [0.15, 0.2) is 17.3 Å². The number of hydrogen-bond donors (Lipinski definition) is 2. The summed E-state index contributed by atoms with van der Waals surface area (Å²) in [5.74, 6) is 0.0737. The summed E-state index contributed by atoms with van der Waals surface area (Å²) in [4.78, 5) is 22.4. The number of hydrazone groups is 1. The number of carbonyl (C=O) groups excluding carboxylic acids is 2. The number of esters is 1. The number of nitrogens with two attached hydrogens (primary N) is 1. The highest BCUT2D eigenvalue weighted by atomic mass is 16.6. The second-order valence-corrected chi connectivity index (χ2v) is 4.97. The number of nitrogens with zero attached hydrogens (tertiary/aromatic N) is 1. The van der Waals surface area contributed by atoms with Crippen LogP contribution in [0.5, 0.6) is 0 Å². The Bertz CT molecular complexity index is 457. The maximum atomic E-state index is 11.7. The smallest absolute Gasteiger partial charge is 0.332 e. The van der Waals surface area contributed by atoms with E-state index in [0.29, 0.717) is 0 Å². The van der Waals surface area contributed by atoms with Gasteiger partial charge < -0.3 is 10.5 Å². The van der Waals surface area contributed by atoms with Gasteiger partial charge in [0.25, 0.3) is 0 Å². The van der Waals surface area contributed by atoms with Gasteiger partial charge in [0.2, 0.25) is 0 Å². The minimum atomic E-state index is -0.661.